The fourth-order valence-corrected chi connectivity index (χ4v) is 3.32. The van der Waals surface area contributed by atoms with Crippen molar-refractivity contribution in [2.75, 3.05) is 26.7 Å². The fourth-order valence-electron chi connectivity index (χ4n) is 3.32. The first-order valence-electron chi connectivity index (χ1n) is 7.84. The lowest BCUT2D eigenvalue weighted by Gasteiger charge is -2.16. The van der Waals surface area contributed by atoms with E-state index in [9.17, 15) is 4.79 Å². The Kier molecular flexibility index (Phi) is 6.43. The second-order valence-electron chi connectivity index (χ2n) is 6.00. The number of ether oxygens (including phenoxy) is 1. The van der Waals surface area contributed by atoms with Crippen LogP contribution >= 0.6 is 12.4 Å². The number of hydrogen-bond acceptors (Lipinski definition) is 5. The highest BCUT2D eigenvalue weighted by Crippen LogP contribution is 2.32. The number of halogens is 1. The molecule has 2 aromatic rings. The first kappa shape index (κ1) is 18.5. The van der Waals surface area contributed by atoms with Gasteiger partial charge in [0.15, 0.2) is 0 Å². The third-order valence-corrected chi connectivity index (χ3v) is 4.50. The number of methoxy groups -OCH3 is 1. The number of furan rings is 1. The van der Waals surface area contributed by atoms with E-state index in [1.807, 2.05) is 6.07 Å². The van der Waals surface area contributed by atoms with Crippen LogP contribution in [0.2, 0.25) is 0 Å². The van der Waals surface area contributed by atoms with Gasteiger partial charge in [0.05, 0.1) is 19.2 Å². The van der Waals surface area contributed by atoms with Crippen molar-refractivity contribution in [2.24, 2.45) is 11.7 Å². The molecule has 0 bridgehead atoms. The van der Waals surface area contributed by atoms with Gasteiger partial charge in [-0.25, -0.2) is 4.79 Å². The number of nitrogens with two attached hydrogens (primary N) is 1. The van der Waals surface area contributed by atoms with Gasteiger partial charge < -0.3 is 14.9 Å². The van der Waals surface area contributed by atoms with Crippen LogP contribution in [0.1, 0.15) is 27.6 Å². The van der Waals surface area contributed by atoms with Crippen molar-refractivity contribution in [3.8, 4) is 0 Å². The molecule has 6 heteroatoms. The van der Waals surface area contributed by atoms with Crippen LogP contribution in [0.3, 0.4) is 0 Å². The third kappa shape index (κ3) is 3.98. The fraction of sp³-hybridized carbons (Fsp3) is 0.389. The number of likely N-dealkylation sites (tertiary alicyclic amines) is 1. The largest absolute Gasteiger partial charge is 0.467 e. The van der Waals surface area contributed by atoms with Crippen LogP contribution < -0.4 is 5.73 Å². The van der Waals surface area contributed by atoms with Gasteiger partial charge in [0, 0.05) is 19.0 Å². The van der Waals surface area contributed by atoms with Gasteiger partial charge >= 0.3 is 5.97 Å². The maximum Gasteiger partial charge on any atom is 0.341 e. The third-order valence-electron chi connectivity index (χ3n) is 4.50. The van der Waals surface area contributed by atoms with E-state index in [1.165, 1.54) is 18.9 Å². The molecule has 3 rings (SSSR count). The number of hydrogen-bond donors (Lipinski definition) is 1. The van der Waals surface area contributed by atoms with E-state index in [4.69, 9.17) is 14.9 Å². The first-order chi connectivity index (χ1) is 11.2. The number of rotatable bonds is 5. The first-order valence-corrected chi connectivity index (χ1v) is 7.84. The van der Waals surface area contributed by atoms with Crippen molar-refractivity contribution in [3.63, 3.8) is 0 Å². The molecule has 5 nitrogen and oxygen atoms in total. The minimum atomic E-state index is -0.372. The Morgan fingerprint density at radius 2 is 2.08 bits per heavy atom. The predicted molar refractivity (Wildman–Crippen MR) is 94.3 cm³/mol. The number of benzene rings is 1. The molecule has 0 aliphatic carbocycles. The Bertz CT molecular complexity index is 659. The number of esters is 1. The van der Waals surface area contributed by atoms with Crippen molar-refractivity contribution in [1.29, 1.82) is 0 Å². The zero-order chi connectivity index (χ0) is 16.2. The Morgan fingerprint density at radius 3 is 2.75 bits per heavy atom. The van der Waals surface area contributed by atoms with E-state index < -0.39 is 0 Å². The van der Waals surface area contributed by atoms with Crippen molar-refractivity contribution in [2.45, 2.75) is 12.5 Å². The molecule has 0 radical (unpaired) electrons. The normalized spacial score (nSPS) is 20.6. The van der Waals surface area contributed by atoms with Gasteiger partial charge in [0.25, 0.3) is 0 Å². The molecule has 1 aromatic heterocycles. The molecular formula is C18H23ClN2O3. The van der Waals surface area contributed by atoms with Gasteiger partial charge in [-0.15, -0.1) is 12.4 Å². The molecule has 1 aliphatic rings. The van der Waals surface area contributed by atoms with Gasteiger partial charge in [-0.3, -0.25) is 4.90 Å². The lowest BCUT2D eigenvalue weighted by atomic mass is 9.89. The summed E-state index contributed by atoms with van der Waals surface area (Å²) < 4.78 is 10.2. The monoisotopic (exact) mass is 350 g/mol. The summed E-state index contributed by atoms with van der Waals surface area (Å²) >= 11 is 0. The van der Waals surface area contributed by atoms with Gasteiger partial charge in [-0.2, -0.15) is 0 Å². The summed E-state index contributed by atoms with van der Waals surface area (Å²) in [6.45, 7) is 3.23. The van der Waals surface area contributed by atoms with E-state index in [0.29, 0.717) is 30.5 Å². The predicted octanol–water partition coefficient (Wildman–Crippen LogP) is 2.66. The van der Waals surface area contributed by atoms with E-state index in [1.54, 1.807) is 6.07 Å². The molecule has 2 heterocycles. The van der Waals surface area contributed by atoms with E-state index in [2.05, 4.69) is 29.2 Å². The van der Waals surface area contributed by atoms with Gasteiger partial charge in [0.1, 0.15) is 12.0 Å². The topological polar surface area (TPSA) is 68.7 Å². The minimum Gasteiger partial charge on any atom is -0.467 e. The zero-order valence-corrected chi connectivity index (χ0v) is 14.5. The smallest absolute Gasteiger partial charge is 0.341 e. The number of nitrogens with zero attached hydrogens (tertiary/aromatic N) is 1. The van der Waals surface area contributed by atoms with Crippen molar-refractivity contribution >= 4 is 18.4 Å². The number of carbonyl (C=O) groups excluding carboxylic acids is 1. The second-order valence-corrected chi connectivity index (χ2v) is 6.00. The van der Waals surface area contributed by atoms with Crippen molar-refractivity contribution < 1.29 is 13.9 Å². The summed E-state index contributed by atoms with van der Waals surface area (Å²) in [5, 5.41) is 0. The van der Waals surface area contributed by atoms with Gasteiger partial charge in [-0.1, -0.05) is 30.3 Å². The van der Waals surface area contributed by atoms with Gasteiger partial charge in [0.2, 0.25) is 0 Å². The summed E-state index contributed by atoms with van der Waals surface area (Å²) in [7, 11) is 1.37. The van der Waals surface area contributed by atoms with Crippen LogP contribution in [0.25, 0.3) is 0 Å². The Balaban J connectivity index is 0.00000208. The summed E-state index contributed by atoms with van der Waals surface area (Å²) in [6.07, 6.45) is 1.45. The lowest BCUT2D eigenvalue weighted by molar-refractivity contribution is 0.0600. The Morgan fingerprint density at radius 1 is 1.33 bits per heavy atom. The maximum absolute atomic E-state index is 11.5. The van der Waals surface area contributed by atoms with E-state index >= 15 is 0 Å². The molecule has 2 atom stereocenters. The molecule has 0 amide bonds. The molecule has 1 aliphatic heterocycles. The molecule has 24 heavy (non-hydrogen) atoms. The zero-order valence-electron chi connectivity index (χ0n) is 13.7. The van der Waals surface area contributed by atoms with Crippen LogP contribution in [0.15, 0.2) is 47.1 Å². The molecule has 0 spiro atoms. The van der Waals surface area contributed by atoms with E-state index in [-0.39, 0.29) is 18.4 Å². The Labute approximate surface area is 148 Å². The summed E-state index contributed by atoms with van der Waals surface area (Å²) in [4.78, 5) is 13.8. The highest BCUT2D eigenvalue weighted by atomic mass is 35.5. The molecule has 0 saturated carbocycles. The molecule has 1 aromatic carbocycles. The van der Waals surface area contributed by atoms with Crippen molar-refractivity contribution in [3.05, 3.63) is 59.5 Å². The summed E-state index contributed by atoms with van der Waals surface area (Å²) in [6, 6.07) is 12.3. The standard InChI is InChI=1S/C18H22N2O3.ClH/c1-22-18(21)14-7-16(23-12-14)10-20-9-15(8-19)17(11-20)13-5-3-2-4-6-13;/h2-7,12,15,17H,8-11,19H2,1H3;1H/t15-,17+;/m1./s1. The number of carbonyl (C=O) groups is 1. The van der Waals surface area contributed by atoms with Crippen LogP contribution in [0, 0.1) is 5.92 Å². The van der Waals surface area contributed by atoms with Crippen LogP contribution in [-0.2, 0) is 11.3 Å². The van der Waals surface area contributed by atoms with Gasteiger partial charge in [-0.05, 0) is 24.1 Å². The highest BCUT2D eigenvalue weighted by Gasteiger charge is 2.33. The SMILES string of the molecule is COC(=O)c1coc(CN2C[C@@H](CN)[C@H](c3ccccc3)C2)c1.Cl. The average molecular weight is 351 g/mol. The van der Waals surface area contributed by atoms with Crippen LogP contribution in [0.4, 0.5) is 0 Å². The van der Waals surface area contributed by atoms with E-state index in [0.717, 1.165) is 18.8 Å². The second kappa shape index (κ2) is 8.33. The average Bonchev–Trinajstić information content (AvgIpc) is 3.22. The Hall–Kier alpha value is -1.82. The van der Waals surface area contributed by atoms with Crippen LogP contribution in [0.5, 0.6) is 0 Å². The van der Waals surface area contributed by atoms with Crippen LogP contribution in [-0.4, -0.2) is 37.6 Å². The quantitative estimate of drug-likeness (QED) is 0.839. The molecule has 1 saturated heterocycles. The maximum atomic E-state index is 11.5. The molecule has 2 N–H and O–H groups in total. The molecule has 0 unspecified atom stereocenters. The minimum absolute atomic E-state index is 0. The summed E-state index contributed by atoms with van der Waals surface area (Å²) in [5.41, 5.74) is 7.76. The summed E-state index contributed by atoms with van der Waals surface area (Å²) in [5.74, 6) is 1.28. The lowest BCUT2D eigenvalue weighted by Crippen LogP contribution is -2.23. The molecule has 1 fully saturated rings. The highest BCUT2D eigenvalue weighted by molar-refractivity contribution is 5.88. The molecule has 130 valence electrons. The van der Waals surface area contributed by atoms with Crippen molar-refractivity contribution in [1.82, 2.24) is 4.90 Å². The molecular weight excluding hydrogens is 328 g/mol.